The van der Waals surface area contributed by atoms with Crippen molar-refractivity contribution in [1.29, 1.82) is 0 Å². The summed E-state index contributed by atoms with van der Waals surface area (Å²) in [7, 11) is 0. The second-order valence-corrected chi connectivity index (χ2v) is 8.70. The molecule has 1 fully saturated rings. The van der Waals surface area contributed by atoms with E-state index in [0.29, 0.717) is 32.0 Å². The Morgan fingerprint density at radius 3 is 2.77 bits per heavy atom. The predicted molar refractivity (Wildman–Crippen MR) is 123 cm³/mol. The fourth-order valence-corrected chi connectivity index (χ4v) is 4.31. The summed E-state index contributed by atoms with van der Waals surface area (Å²) in [5, 5.41) is 18.1. The lowest BCUT2D eigenvalue weighted by Gasteiger charge is -2.15. The van der Waals surface area contributed by atoms with Gasteiger partial charge < -0.3 is 15.1 Å². The molecule has 0 radical (unpaired) electrons. The summed E-state index contributed by atoms with van der Waals surface area (Å²) in [5.74, 6) is 0.552. The molecule has 10 heteroatoms. The number of furan rings is 1. The van der Waals surface area contributed by atoms with Gasteiger partial charge in [0.25, 0.3) is 11.6 Å². The quantitative estimate of drug-likeness (QED) is 0.264. The van der Waals surface area contributed by atoms with Gasteiger partial charge in [-0.25, -0.2) is 0 Å². The molecule has 158 valence electrons. The minimum absolute atomic E-state index is 0.0911. The van der Waals surface area contributed by atoms with Crippen molar-refractivity contribution in [2.24, 2.45) is 0 Å². The van der Waals surface area contributed by atoms with E-state index in [0.717, 1.165) is 11.3 Å². The van der Waals surface area contributed by atoms with Gasteiger partial charge in [0.2, 0.25) is 0 Å². The molecule has 7 nitrogen and oxygen atoms in total. The van der Waals surface area contributed by atoms with Gasteiger partial charge in [0.1, 0.15) is 11.5 Å². The van der Waals surface area contributed by atoms with Gasteiger partial charge in [0, 0.05) is 34.5 Å². The summed E-state index contributed by atoms with van der Waals surface area (Å²) < 4.78 is 5.77. The number of anilines is 1. The van der Waals surface area contributed by atoms with Gasteiger partial charge in [0.15, 0.2) is 5.50 Å². The number of hydrogen-bond acceptors (Lipinski definition) is 6. The van der Waals surface area contributed by atoms with E-state index in [-0.39, 0.29) is 17.1 Å². The Bertz CT molecular complexity index is 1230. The highest BCUT2D eigenvalue weighted by molar-refractivity contribution is 8.05. The largest absolute Gasteiger partial charge is 0.457 e. The summed E-state index contributed by atoms with van der Waals surface area (Å²) in [4.78, 5) is 23.4. The number of nitro benzene ring substituents is 1. The smallest absolute Gasteiger partial charge is 0.270 e. The monoisotopic (exact) mass is 475 g/mol. The lowest BCUT2D eigenvalue weighted by atomic mass is 10.1. The van der Waals surface area contributed by atoms with Crippen molar-refractivity contribution in [3.8, 4) is 11.3 Å². The van der Waals surface area contributed by atoms with Crippen molar-refractivity contribution < 1.29 is 14.1 Å². The predicted octanol–water partition coefficient (Wildman–Crippen LogP) is 6.07. The third-order valence-electron chi connectivity index (χ3n) is 4.54. The highest BCUT2D eigenvalue weighted by Gasteiger charge is 2.28. The van der Waals surface area contributed by atoms with Crippen LogP contribution in [0, 0.1) is 17.0 Å². The summed E-state index contributed by atoms with van der Waals surface area (Å²) in [6.07, 6.45) is 1.61. The molecule has 1 atom stereocenters. The van der Waals surface area contributed by atoms with Crippen LogP contribution in [0.25, 0.3) is 17.4 Å². The van der Waals surface area contributed by atoms with Crippen LogP contribution in [-0.2, 0) is 4.79 Å². The van der Waals surface area contributed by atoms with Crippen molar-refractivity contribution in [3.05, 3.63) is 84.9 Å². The number of amides is 1. The van der Waals surface area contributed by atoms with E-state index >= 15 is 0 Å². The molecule has 1 amide bonds. The number of nitrogens with zero attached hydrogens (tertiary/aromatic N) is 1. The normalized spacial score (nSPS) is 17.1. The number of aryl methyl sites for hydroxylation is 1. The van der Waals surface area contributed by atoms with Gasteiger partial charge in [0.05, 0.1) is 14.9 Å². The molecule has 0 aliphatic carbocycles. The molecule has 2 aromatic carbocycles. The van der Waals surface area contributed by atoms with Crippen LogP contribution in [0.2, 0.25) is 10.0 Å². The third-order valence-corrected chi connectivity index (χ3v) is 6.14. The fourth-order valence-electron chi connectivity index (χ4n) is 2.98. The Morgan fingerprint density at radius 2 is 2.00 bits per heavy atom. The Hall–Kier alpha value is -2.94. The molecule has 1 saturated heterocycles. The number of rotatable bonds is 5. The number of benzene rings is 2. The van der Waals surface area contributed by atoms with Crippen LogP contribution in [0.4, 0.5) is 11.4 Å². The average Bonchev–Trinajstić information content (AvgIpc) is 3.32. The highest BCUT2D eigenvalue weighted by Crippen LogP contribution is 2.35. The first-order chi connectivity index (χ1) is 14.8. The standard InChI is InChI=1S/C21H15Cl2N3O4S/c1-11-2-3-12(22)8-17(11)24-21-25-20(27)19(31-21)10-14-5-7-18(30-14)15-9-13(26(28)29)4-6-16(15)23/h2-10,21,24H,1H3,(H,25,27)/b19-10-. The van der Waals surface area contributed by atoms with Gasteiger partial charge in [-0.2, -0.15) is 0 Å². The Balaban J connectivity index is 1.53. The summed E-state index contributed by atoms with van der Waals surface area (Å²) >= 11 is 13.5. The maximum absolute atomic E-state index is 12.4. The van der Waals surface area contributed by atoms with Crippen LogP contribution in [0.5, 0.6) is 0 Å². The second kappa shape index (κ2) is 8.66. The third kappa shape index (κ3) is 4.71. The topological polar surface area (TPSA) is 97.4 Å². The Labute approximate surface area is 191 Å². The van der Waals surface area contributed by atoms with E-state index in [1.54, 1.807) is 30.3 Å². The van der Waals surface area contributed by atoms with E-state index in [1.165, 1.54) is 30.0 Å². The number of thioether (sulfide) groups is 1. The maximum atomic E-state index is 12.4. The van der Waals surface area contributed by atoms with E-state index in [9.17, 15) is 14.9 Å². The van der Waals surface area contributed by atoms with E-state index in [2.05, 4.69) is 10.6 Å². The number of nitrogens with one attached hydrogen (secondary N) is 2. The number of carbonyl (C=O) groups excluding carboxylic acids is 1. The van der Waals surface area contributed by atoms with Crippen molar-refractivity contribution in [2.75, 3.05) is 5.32 Å². The molecule has 1 aromatic heterocycles. The zero-order chi connectivity index (χ0) is 22.1. The van der Waals surface area contributed by atoms with Crippen molar-refractivity contribution >= 4 is 58.3 Å². The zero-order valence-electron chi connectivity index (χ0n) is 16.0. The number of hydrogen-bond donors (Lipinski definition) is 2. The van der Waals surface area contributed by atoms with Gasteiger partial charge in [-0.15, -0.1) is 0 Å². The number of carbonyl (C=O) groups is 1. The van der Waals surface area contributed by atoms with Crippen molar-refractivity contribution in [1.82, 2.24) is 5.32 Å². The van der Waals surface area contributed by atoms with E-state index in [4.69, 9.17) is 27.6 Å². The molecule has 3 aromatic rings. The summed E-state index contributed by atoms with van der Waals surface area (Å²) in [5.41, 5.74) is 1.77. The van der Waals surface area contributed by atoms with Crippen LogP contribution < -0.4 is 10.6 Å². The molecule has 4 rings (SSSR count). The van der Waals surface area contributed by atoms with Crippen LogP contribution in [-0.4, -0.2) is 16.3 Å². The molecule has 0 bridgehead atoms. The average molecular weight is 476 g/mol. The molecule has 0 spiro atoms. The Morgan fingerprint density at radius 1 is 1.19 bits per heavy atom. The molecule has 31 heavy (non-hydrogen) atoms. The molecule has 0 saturated carbocycles. The van der Waals surface area contributed by atoms with Crippen LogP contribution >= 0.6 is 35.0 Å². The second-order valence-electron chi connectivity index (χ2n) is 6.71. The molecule has 2 N–H and O–H groups in total. The Kier molecular flexibility index (Phi) is 5.95. The minimum Gasteiger partial charge on any atom is -0.457 e. The van der Waals surface area contributed by atoms with E-state index in [1.807, 2.05) is 13.0 Å². The van der Waals surface area contributed by atoms with Crippen LogP contribution in [0.15, 0.2) is 57.9 Å². The highest BCUT2D eigenvalue weighted by atomic mass is 35.5. The lowest BCUT2D eigenvalue weighted by molar-refractivity contribution is -0.384. The minimum atomic E-state index is -0.500. The van der Waals surface area contributed by atoms with Gasteiger partial charge in [-0.3, -0.25) is 14.9 Å². The fraction of sp³-hybridized carbons (Fsp3) is 0.0952. The maximum Gasteiger partial charge on any atom is 0.270 e. The van der Waals surface area contributed by atoms with Crippen LogP contribution in [0.1, 0.15) is 11.3 Å². The molecular weight excluding hydrogens is 461 g/mol. The molecule has 1 unspecified atom stereocenters. The zero-order valence-corrected chi connectivity index (χ0v) is 18.3. The lowest BCUT2D eigenvalue weighted by Crippen LogP contribution is -2.31. The van der Waals surface area contributed by atoms with E-state index < -0.39 is 4.92 Å². The SMILES string of the molecule is Cc1ccc(Cl)cc1NC1NC(=O)/C(=C/c2ccc(-c3cc([N+](=O)[O-])ccc3Cl)o2)S1. The summed E-state index contributed by atoms with van der Waals surface area (Å²) in [6, 6.07) is 12.9. The van der Waals surface area contributed by atoms with Crippen LogP contribution in [0.3, 0.4) is 0 Å². The molecule has 2 heterocycles. The first-order valence-electron chi connectivity index (χ1n) is 9.06. The number of non-ortho nitro benzene ring substituents is 1. The number of halogens is 2. The molecule has 1 aliphatic rings. The first kappa shape index (κ1) is 21.3. The van der Waals surface area contributed by atoms with Gasteiger partial charge in [-0.1, -0.05) is 41.0 Å². The van der Waals surface area contributed by atoms with Gasteiger partial charge in [-0.05, 0) is 42.8 Å². The summed E-state index contributed by atoms with van der Waals surface area (Å²) in [6.45, 7) is 1.94. The first-order valence-corrected chi connectivity index (χ1v) is 10.7. The van der Waals surface area contributed by atoms with Gasteiger partial charge >= 0.3 is 0 Å². The number of nitro groups is 1. The molecular formula is C21H15Cl2N3O4S. The molecule has 1 aliphatic heterocycles. The van der Waals surface area contributed by atoms with Crippen molar-refractivity contribution in [3.63, 3.8) is 0 Å². The van der Waals surface area contributed by atoms with Crippen molar-refractivity contribution in [2.45, 2.75) is 12.4 Å².